The summed E-state index contributed by atoms with van der Waals surface area (Å²) in [7, 11) is 0. The smallest absolute Gasteiger partial charge is 0.162 e. The number of hydrogen-bond donors (Lipinski definition) is 1. The average Bonchev–Trinajstić information content (AvgIpc) is 2.35. The molecule has 0 atom stereocenters. The molecule has 2 rings (SSSR count). The lowest BCUT2D eigenvalue weighted by Crippen LogP contribution is -2.38. The van der Waals surface area contributed by atoms with Gasteiger partial charge in [-0.2, -0.15) is 0 Å². The van der Waals surface area contributed by atoms with Gasteiger partial charge in [0.15, 0.2) is 11.5 Å². The lowest BCUT2D eigenvalue weighted by atomic mass is 9.81. The average molecular weight is 312 g/mol. The van der Waals surface area contributed by atoms with Crippen LogP contribution < -0.4 is 14.8 Å². The first-order chi connectivity index (χ1) is 9.69. The van der Waals surface area contributed by atoms with Crippen LogP contribution in [0.1, 0.15) is 46.6 Å². The molecule has 1 heterocycles. The summed E-state index contributed by atoms with van der Waals surface area (Å²) in [5.74, 6) is 1.55. The van der Waals surface area contributed by atoms with Gasteiger partial charge in [0.05, 0.1) is 0 Å². The van der Waals surface area contributed by atoms with E-state index in [1.807, 2.05) is 12.1 Å². The Kier molecular flexibility index (Phi) is 4.74. The minimum Gasteiger partial charge on any atom is -0.486 e. The van der Waals surface area contributed by atoms with Crippen molar-refractivity contribution >= 4 is 11.6 Å². The van der Waals surface area contributed by atoms with Gasteiger partial charge in [0.1, 0.15) is 13.2 Å². The second-order valence-corrected chi connectivity index (χ2v) is 7.69. The van der Waals surface area contributed by atoms with Gasteiger partial charge in [0.25, 0.3) is 0 Å². The van der Waals surface area contributed by atoms with Gasteiger partial charge < -0.3 is 14.8 Å². The third kappa shape index (κ3) is 4.27. The van der Waals surface area contributed by atoms with Gasteiger partial charge in [0, 0.05) is 16.6 Å². The SMILES string of the molecule is CC(C)(C)NCCC(C)(C)c1cc2c(cc1Cl)OCCO2. The van der Waals surface area contributed by atoms with Gasteiger partial charge in [0.2, 0.25) is 0 Å². The molecule has 1 aliphatic rings. The quantitative estimate of drug-likeness (QED) is 0.905. The highest BCUT2D eigenvalue weighted by Gasteiger charge is 2.26. The molecule has 1 aromatic carbocycles. The molecular weight excluding hydrogens is 286 g/mol. The molecule has 118 valence electrons. The normalized spacial score (nSPS) is 15.1. The summed E-state index contributed by atoms with van der Waals surface area (Å²) in [5.41, 5.74) is 1.22. The summed E-state index contributed by atoms with van der Waals surface area (Å²) >= 11 is 6.46. The molecule has 0 saturated heterocycles. The van der Waals surface area contributed by atoms with Gasteiger partial charge >= 0.3 is 0 Å². The number of benzene rings is 1. The van der Waals surface area contributed by atoms with E-state index < -0.39 is 0 Å². The number of hydrogen-bond acceptors (Lipinski definition) is 3. The lowest BCUT2D eigenvalue weighted by Gasteiger charge is -2.30. The molecule has 21 heavy (non-hydrogen) atoms. The van der Waals surface area contributed by atoms with Crippen LogP contribution in [0, 0.1) is 0 Å². The molecule has 0 radical (unpaired) electrons. The zero-order valence-electron chi connectivity index (χ0n) is 13.7. The topological polar surface area (TPSA) is 30.5 Å². The van der Waals surface area contributed by atoms with E-state index in [1.165, 1.54) is 0 Å². The van der Waals surface area contributed by atoms with Gasteiger partial charge in [-0.3, -0.25) is 0 Å². The minimum absolute atomic E-state index is 0.0226. The largest absolute Gasteiger partial charge is 0.486 e. The standard InChI is InChI=1S/C17H26ClNO2/c1-16(2,3)19-7-6-17(4,5)12-10-14-15(11-13(12)18)21-9-8-20-14/h10-11,19H,6-9H2,1-5H3. The maximum atomic E-state index is 6.46. The number of ether oxygens (including phenoxy) is 2. The summed E-state index contributed by atoms with van der Waals surface area (Å²) in [6, 6.07) is 3.91. The molecule has 4 heteroatoms. The first-order valence-electron chi connectivity index (χ1n) is 7.54. The number of fused-ring (bicyclic) bond motifs is 1. The van der Waals surface area contributed by atoms with E-state index >= 15 is 0 Å². The Morgan fingerprint density at radius 3 is 2.19 bits per heavy atom. The zero-order valence-corrected chi connectivity index (χ0v) is 14.4. The Bertz CT molecular complexity index is 506. The molecule has 0 fully saturated rings. The van der Waals surface area contributed by atoms with Crippen LogP contribution >= 0.6 is 11.6 Å². The molecule has 0 spiro atoms. The van der Waals surface area contributed by atoms with Crippen molar-refractivity contribution in [2.45, 2.75) is 52.0 Å². The highest BCUT2D eigenvalue weighted by atomic mass is 35.5. The van der Waals surface area contributed by atoms with Crippen molar-refractivity contribution in [2.24, 2.45) is 0 Å². The molecule has 0 saturated carbocycles. The molecule has 0 bridgehead atoms. The van der Waals surface area contributed by atoms with E-state index in [9.17, 15) is 0 Å². The highest BCUT2D eigenvalue weighted by Crippen LogP contribution is 2.41. The Morgan fingerprint density at radius 1 is 1.05 bits per heavy atom. The second-order valence-electron chi connectivity index (χ2n) is 7.29. The van der Waals surface area contributed by atoms with Crippen LogP contribution in [-0.4, -0.2) is 25.3 Å². The van der Waals surface area contributed by atoms with Crippen molar-refractivity contribution in [1.82, 2.24) is 5.32 Å². The first-order valence-corrected chi connectivity index (χ1v) is 7.91. The van der Waals surface area contributed by atoms with E-state index in [0.29, 0.717) is 13.2 Å². The first kappa shape index (κ1) is 16.4. The van der Waals surface area contributed by atoms with Gasteiger partial charge in [-0.05, 0) is 50.8 Å². The van der Waals surface area contributed by atoms with Crippen molar-refractivity contribution in [3.63, 3.8) is 0 Å². The Labute approximate surface area is 133 Å². The summed E-state index contributed by atoms with van der Waals surface area (Å²) in [5, 5.41) is 4.28. The van der Waals surface area contributed by atoms with Crippen LogP contribution in [0.15, 0.2) is 12.1 Å². The van der Waals surface area contributed by atoms with Crippen molar-refractivity contribution < 1.29 is 9.47 Å². The maximum absolute atomic E-state index is 6.46. The molecule has 0 amide bonds. The van der Waals surface area contributed by atoms with Crippen molar-refractivity contribution in [1.29, 1.82) is 0 Å². The van der Waals surface area contributed by atoms with Crippen LogP contribution in [0.3, 0.4) is 0 Å². The molecule has 0 unspecified atom stereocenters. The predicted molar refractivity (Wildman–Crippen MR) is 87.8 cm³/mol. The molecular formula is C17H26ClNO2. The van der Waals surface area contributed by atoms with Gasteiger partial charge in [-0.25, -0.2) is 0 Å². The Morgan fingerprint density at radius 2 is 1.62 bits per heavy atom. The van der Waals surface area contributed by atoms with Crippen molar-refractivity contribution in [2.75, 3.05) is 19.8 Å². The van der Waals surface area contributed by atoms with E-state index in [-0.39, 0.29) is 11.0 Å². The van der Waals surface area contributed by atoms with E-state index in [2.05, 4.69) is 39.9 Å². The van der Waals surface area contributed by atoms with Gasteiger partial charge in [-0.15, -0.1) is 0 Å². The van der Waals surface area contributed by atoms with Crippen molar-refractivity contribution in [3.8, 4) is 11.5 Å². The Hall–Kier alpha value is -0.930. The number of rotatable bonds is 4. The fourth-order valence-electron chi connectivity index (χ4n) is 2.47. The second kappa shape index (κ2) is 6.05. The monoisotopic (exact) mass is 311 g/mol. The summed E-state index contributed by atoms with van der Waals surface area (Å²) in [6.45, 7) is 13.1. The van der Waals surface area contributed by atoms with E-state index in [0.717, 1.165) is 35.1 Å². The van der Waals surface area contributed by atoms with Crippen LogP contribution in [0.25, 0.3) is 0 Å². The highest BCUT2D eigenvalue weighted by molar-refractivity contribution is 6.31. The van der Waals surface area contributed by atoms with Gasteiger partial charge in [-0.1, -0.05) is 25.4 Å². The van der Waals surface area contributed by atoms with E-state index in [4.69, 9.17) is 21.1 Å². The number of halogens is 1. The lowest BCUT2D eigenvalue weighted by molar-refractivity contribution is 0.171. The molecule has 1 aliphatic heterocycles. The maximum Gasteiger partial charge on any atom is 0.162 e. The van der Waals surface area contributed by atoms with E-state index in [1.54, 1.807) is 0 Å². The Balaban J connectivity index is 2.15. The fourth-order valence-corrected chi connectivity index (χ4v) is 2.88. The third-order valence-corrected chi connectivity index (χ3v) is 4.08. The molecule has 0 aliphatic carbocycles. The van der Waals surface area contributed by atoms with Crippen LogP contribution in [0.4, 0.5) is 0 Å². The van der Waals surface area contributed by atoms with Crippen LogP contribution in [-0.2, 0) is 5.41 Å². The molecule has 1 N–H and O–H groups in total. The zero-order chi connectivity index (χ0) is 15.7. The molecule has 3 nitrogen and oxygen atoms in total. The van der Waals surface area contributed by atoms with Crippen molar-refractivity contribution in [3.05, 3.63) is 22.7 Å². The van der Waals surface area contributed by atoms with Crippen LogP contribution in [0.5, 0.6) is 11.5 Å². The predicted octanol–water partition coefficient (Wildman–Crippen LogP) is 4.17. The molecule has 1 aromatic rings. The summed E-state index contributed by atoms with van der Waals surface area (Å²) in [6.07, 6.45) is 1.00. The summed E-state index contributed by atoms with van der Waals surface area (Å²) < 4.78 is 11.2. The molecule has 0 aromatic heterocycles. The third-order valence-electron chi connectivity index (χ3n) is 3.77. The fraction of sp³-hybridized carbons (Fsp3) is 0.647. The minimum atomic E-state index is -0.0226. The summed E-state index contributed by atoms with van der Waals surface area (Å²) in [4.78, 5) is 0. The van der Waals surface area contributed by atoms with Crippen LogP contribution in [0.2, 0.25) is 5.02 Å². The number of nitrogens with one attached hydrogen (secondary N) is 1.